The van der Waals surface area contributed by atoms with E-state index < -0.39 is 18.1 Å². The van der Waals surface area contributed by atoms with Crippen molar-refractivity contribution in [3.05, 3.63) is 70.3 Å². The molecular weight excluding hydrogens is 370 g/mol. The molecule has 1 aliphatic heterocycles. The quantitative estimate of drug-likeness (QED) is 0.734. The normalized spacial score (nSPS) is 19.4. The number of carboxylic acids is 1. The van der Waals surface area contributed by atoms with Gasteiger partial charge in [0.05, 0.1) is 11.7 Å². The second-order valence-electron chi connectivity index (χ2n) is 7.38. The lowest BCUT2D eigenvalue weighted by Crippen LogP contribution is -2.45. The molecule has 0 unspecified atom stereocenters. The van der Waals surface area contributed by atoms with Crippen LogP contribution >= 0.6 is 0 Å². The van der Waals surface area contributed by atoms with Crippen molar-refractivity contribution in [2.24, 2.45) is 0 Å². The average molecular weight is 393 g/mol. The molecule has 1 aliphatic carbocycles. The summed E-state index contributed by atoms with van der Waals surface area (Å²) in [6, 6.07) is 12.9. The highest BCUT2D eigenvalue weighted by molar-refractivity contribution is 6.31. The maximum Gasteiger partial charge on any atom is 0.323 e. The fourth-order valence-electron chi connectivity index (χ4n) is 3.93. The van der Waals surface area contributed by atoms with Gasteiger partial charge in [0.25, 0.3) is 0 Å². The van der Waals surface area contributed by atoms with Crippen LogP contribution in [0.15, 0.2) is 42.5 Å². The van der Waals surface area contributed by atoms with Crippen LogP contribution in [0.3, 0.4) is 0 Å². The van der Waals surface area contributed by atoms with Gasteiger partial charge in [-0.05, 0) is 23.6 Å². The molecule has 1 heterocycles. The van der Waals surface area contributed by atoms with Crippen molar-refractivity contribution < 1.29 is 24.2 Å². The summed E-state index contributed by atoms with van der Waals surface area (Å²) < 4.78 is 11.1. The molecule has 0 amide bonds. The molecule has 0 bridgehead atoms. The molecule has 2 aromatic carbocycles. The highest BCUT2D eigenvalue weighted by Gasteiger charge is 2.32. The number of carbonyl (C=O) groups excluding carboxylic acids is 1. The molecule has 0 radical (unpaired) electrons. The Morgan fingerprint density at radius 2 is 2.00 bits per heavy atom. The summed E-state index contributed by atoms with van der Waals surface area (Å²) in [4.78, 5) is 24.0. The highest BCUT2D eigenvalue weighted by atomic mass is 16.5. The van der Waals surface area contributed by atoms with Crippen LogP contribution in [0.25, 0.3) is 11.3 Å². The zero-order chi connectivity index (χ0) is 20.5. The van der Waals surface area contributed by atoms with Gasteiger partial charge in [-0.25, -0.2) is 0 Å². The Kier molecular flexibility index (Phi) is 5.22. The van der Waals surface area contributed by atoms with Gasteiger partial charge < -0.3 is 14.6 Å². The van der Waals surface area contributed by atoms with Gasteiger partial charge in [-0.15, -0.1) is 0 Å². The van der Waals surface area contributed by atoms with Gasteiger partial charge in [-0.2, -0.15) is 0 Å². The van der Waals surface area contributed by atoms with Crippen molar-refractivity contribution in [3.8, 4) is 0 Å². The molecule has 2 aliphatic rings. The molecule has 4 rings (SSSR count). The number of hydrogen-bond acceptors (Lipinski definition) is 5. The van der Waals surface area contributed by atoms with E-state index in [1.807, 2.05) is 42.5 Å². The maximum atomic E-state index is 12.6. The molecule has 6 heteroatoms. The summed E-state index contributed by atoms with van der Waals surface area (Å²) in [5.74, 6) is -0.224. The van der Waals surface area contributed by atoms with Crippen LogP contribution in [-0.2, 0) is 38.6 Å². The molecule has 0 fully saturated rings. The van der Waals surface area contributed by atoms with Crippen molar-refractivity contribution >= 4 is 23.1 Å². The lowest BCUT2D eigenvalue weighted by atomic mass is 9.99. The minimum absolute atomic E-state index is 0.0812. The molecule has 29 heavy (non-hydrogen) atoms. The van der Waals surface area contributed by atoms with Crippen LogP contribution in [0.1, 0.15) is 34.7 Å². The van der Waals surface area contributed by atoms with Crippen molar-refractivity contribution in [3.63, 3.8) is 0 Å². The van der Waals surface area contributed by atoms with E-state index >= 15 is 0 Å². The summed E-state index contributed by atoms with van der Waals surface area (Å²) in [7, 11) is 1.49. The van der Waals surface area contributed by atoms with Crippen molar-refractivity contribution in [1.29, 1.82) is 0 Å². The second kappa shape index (κ2) is 7.81. The Morgan fingerprint density at radius 3 is 2.76 bits per heavy atom. The van der Waals surface area contributed by atoms with Gasteiger partial charge >= 0.3 is 5.97 Å². The van der Waals surface area contributed by atoms with Crippen molar-refractivity contribution in [2.75, 3.05) is 7.11 Å². The van der Waals surface area contributed by atoms with Gasteiger partial charge in [0, 0.05) is 31.2 Å². The third kappa shape index (κ3) is 3.57. The van der Waals surface area contributed by atoms with E-state index in [9.17, 15) is 14.7 Å². The largest absolute Gasteiger partial charge is 0.487 e. The highest BCUT2D eigenvalue weighted by Crippen LogP contribution is 2.40. The number of nitrogens with one attached hydrogen (secondary N) is 1. The van der Waals surface area contributed by atoms with Gasteiger partial charge in [-0.3, -0.25) is 14.9 Å². The van der Waals surface area contributed by atoms with Crippen LogP contribution < -0.4 is 5.32 Å². The smallest absolute Gasteiger partial charge is 0.323 e. The van der Waals surface area contributed by atoms with E-state index in [1.165, 1.54) is 7.11 Å². The fourth-order valence-corrected chi connectivity index (χ4v) is 3.93. The van der Waals surface area contributed by atoms with E-state index in [4.69, 9.17) is 9.47 Å². The number of benzene rings is 2. The standard InChI is InChI=1S/C23H23NO5/c1-13(28-2)21(23(26)27)24-11-14-7-8-18-16(9-14)12-29-22(18)20-17-6-4-3-5-15(17)10-19(20)25/h3-9,13,21,24H,10-12H2,1-2H3,(H,26,27)/b22-20+/t13-,21+/m1/s1. The van der Waals surface area contributed by atoms with E-state index in [1.54, 1.807) is 6.92 Å². The summed E-state index contributed by atoms with van der Waals surface area (Å²) in [5.41, 5.74) is 5.51. The fraction of sp³-hybridized carbons (Fsp3) is 0.304. The van der Waals surface area contributed by atoms with Gasteiger partial charge in [0.2, 0.25) is 0 Å². The zero-order valence-electron chi connectivity index (χ0n) is 16.4. The van der Waals surface area contributed by atoms with Crippen LogP contribution in [0.5, 0.6) is 0 Å². The lowest BCUT2D eigenvalue weighted by Gasteiger charge is -2.20. The van der Waals surface area contributed by atoms with E-state index in [-0.39, 0.29) is 5.78 Å². The molecule has 0 aromatic heterocycles. The van der Waals surface area contributed by atoms with Crippen LogP contribution in [0.2, 0.25) is 0 Å². The Bertz CT molecular complexity index is 1010. The molecule has 0 saturated heterocycles. The molecule has 2 atom stereocenters. The third-order valence-electron chi connectivity index (χ3n) is 5.56. The minimum atomic E-state index is -0.950. The predicted octanol–water partition coefficient (Wildman–Crippen LogP) is 2.79. The van der Waals surface area contributed by atoms with Gasteiger partial charge in [0.15, 0.2) is 5.78 Å². The SMILES string of the molecule is CO[C@H](C)[C@H](NCc1ccc2c(c1)CO/C2=C1/C(=O)Cc2ccccc21)C(=O)O. The number of carboxylic acid groups (broad SMARTS) is 1. The number of methoxy groups -OCH3 is 1. The van der Waals surface area contributed by atoms with Crippen LogP contribution in [0.4, 0.5) is 0 Å². The van der Waals surface area contributed by atoms with E-state index in [0.29, 0.717) is 30.9 Å². The number of ketones is 1. The van der Waals surface area contributed by atoms with E-state index in [2.05, 4.69) is 5.32 Å². The summed E-state index contributed by atoms with van der Waals surface area (Å²) in [6.45, 7) is 2.51. The predicted molar refractivity (Wildman–Crippen MR) is 108 cm³/mol. The topological polar surface area (TPSA) is 84.9 Å². The molecule has 150 valence electrons. The Balaban J connectivity index is 1.59. The summed E-state index contributed by atoms with van der Waals surface area (Å²) in [5, 5.41) is 12.4. The molecule has 0 saturated carbocycles. The first-order valence-electron chi connectivity index (χ1n) is 9.59. The number of fused-ring (bicyclic) bond motifs is 2. The van der Waals surface area contributed by atoms with Crippen LogP contribution in [0, 0.1) is 0 Å². The summed E-state index contributed by atoms with van der Waals surface area (Å²) in [6.07, 6.45) is -0.0423. The van der Waals surface area contributed by atoms with Crippen molar-refractivity contribution in [2.45, 2.75) is 38.6 Å². The molecule has 2 N–H and O–H groups in total. The number of Topliss-reactive ketones (excluding diaryl/α,β-unsaturated/α-hetero) is 1. The molecular formula is C23H23NO5. The summed E-state index contributed by atoms with van der Waals surface area (Å²) >= 11 is 0. The van der Waals surface area contributed by atoms with Gasteiger partial charge in [-0.1, -0.05) is 42.5 Å². The monoisotopic (exact) mass is 393 g/mol. The Labute approximate surface area is 169 Å². The third-order valence-corrected chi connectivity index (χ3v) is 5.56. The Hall–Kier alpha value is -2.96. The van der Waals surface area contributed by atoms with Crippen LogP contribution in [-0.4, -0.2) is 36.1 Å². The molecule has 0 spiro atoms. The lowest BCUT2D eigenvalue weighted by molar-refractivity contribution is -0.142. The average Bonchev–Trinajstić information content (AvgIpc) is 3.26. The number of hydrogen-bond donors (Lipinski definition) is 2. The van der Waals surface area contributed by atoms with Crippen molar-refractivity contribution in [1.82, 2.24) is 5.32 Å². The zero-order valence-corrected chi connectivity index (χ0v) is 16.4. The minimum Gasteiger partial charge on any atom is -0.487 e. The van der Waals surface area contributed by atoms with E-state index in [0.717, 1.165) is 27.8 Å². The molecule has 6 nitrogen and oxygen atoms in total. The number of carbonyl (C=O) groups is 2. The second-order valence-corrected chi connectivity index (χ2v) is 7.38. The van der Waals surface area contributed by atoms with Gasteiger partial charge in [0.1, 0.15) is 18.4 Å². The number of ether oxygens (including phenoxy) is 2. The first kappa shape index (κ1) is 19.4. The first-order chi connectivity index (χ1) is 14.0. The maximum absolute atomic E-state index is 12.6. The number of allylic oxidation sites excluding steroid dienone is 1. The molecule has 2 aromatic rings. The number of rotatable bonds is 6. The first-order valence-corrected chi connectivity index (χ1v) is 9.59. The Morgan fingerprint density at radius 1 is 1.21 bits per heavy atom. The number of aliphatic carboxylic acids is 1.